The predicted molar refractivity (Wildman–Crippen MR) is 83.2 cm³/mol. The number of hydrogen-bond acceptors (Lipinski definition) is 2. The number of hydrogen-bond donors (Lipinski definition) is 1. The highest BCUT2D eigenvalue weighted by molar-refractivity contribution is 5.37. The summed E-state index contributed by atoms with van der Waals surface area (Å²) in [5, 5.41) is 3.68. The van der Waals surface area contributed by atoms with Crippen molar-refractivity contribution in [1.29, 1.82) is 0 Å². The lowest BCUT2D eigenvalue weighted by atomic mass is 9.83. The van der Waals surface area contributed by atoms with Gasteiger partial charge in [-0.3, -0.25) is 0 Å². The average Bonchev–Trinajstić information content (AvgIpc) is 2.92. The molecule has 2 heteroatoms. The summed E-state index contributed by atoms with van der Waals surface area (Å²) < 4.78 is 6.20. The van der Waals surface area contributed by atoms with Gasteiger partial charge in [-0.15, -0.1) is 0 Å². The van der Waals surface area contributed by atoms with Crippen LogP contribution in [0.2, 0.25) is 0 Å². The minimum absolute atomic E-state index is 0.328. The van der Waals surface area contributed by atoms with Gasteiger partial charge in [0, 0.05) is 12.5 Å². The Bertz CT molecular complexity index is 400. The molecular formula is C18H27NO. The summed E-state index contributed by atoms with van der Waals surface area (Å²) in [6.45, 7) is 3.24. The van der Waals surface area contributed by atoms with E-state index in [9.17, 15) is 0 Å². The van der Waals surface area contributed by atoms with Crippen LogP contribution in [0, 0.1) is 5.92 Å². The molecule has 1 fully saturated rings. The molecule has 0 spiro atoms. The van der Waals surface area contributed by atoms with E-state index in [1.165, 1.54) is 44.1 Å². The van der Waals surface area contributed by atoms with E-state index < -0.39 is 0 Å². The van der Waals surface area contributed by atoms with Gasteiger partial charge in [-0.2, -0.15) is 0 Å². The molecule has 1 N–H and O–H groups in total. The molecule has 0 saturated heterocycles. The zero-order chi connectivity index (χ0) is 13.8. The molecule has 20 heavy (non-hydrogen) atoms. The number of para-hydroxylation sites is 1. The Morgan fingerprint density at radius 3 is 2.75 bits per heavy atom. The molecule has 3 rings (SSSR count). The molecule has 0 amide bonds. The maximum atomic E-state index is 6.20. The second-order valence-corrected chi connectivity index (χ2v) is 6.37. The molecule has 2 nitrogen and oxygen atoms in total. The molecule has 0 radical (unpaired) electrons. The average molecular weight is 273 g/mol. The normalized spacial score (nSPS) is 24.1. The Morgan fingerprint density at radius 1 is 1.20 bits per heavy atom. The van der Waals surface area contributed by atoms with Crippen LogP contribution in [0.4, 0.5) is 0 Å². The lowest BCUT2D eigenvalue weighted by Crippen LogP contribution is -2.43. The molecule has 2 atom stereocenters. The summed E-state index contributed by atoms with van der Waals surface area (Å²) >= 11 is 0. The minimum Gasteiger partial charge on any atom is -0.488 e. The second-order valence-electron chi connectivity index (χ2n) is 6.37. The van der Waals surface area contributed by atoms with Gasteiger partial charge in [0.25, 0.3) is 0 Å². The van der Waals surface area contributed by atoms with Gasteiger partial charge in [-0.1, -0.05) is 57.2 Å². The van der Waals surface area contributed by atoms with E-state index in [1.54, 1.807) is 0 Å². The molecule has 1 heterocycles. The van der Waals surface area contributed by atoms with Crippen LogP contribution in [-0.2, 0) is 6.42 Å². The summed E-state index contributed by atoms with van der Waals surface area (Å²) in [6, 6.07) is 9.02. The number of fused-ring (bicyclic) bond motifs is 1. The van der Waals surface area contributed by atoms with Crippen LogP contribution in [0.5, 0.6) is 5.75 Å². The van der Waals surface area contributed by atoms with Gasteiger partial charge in [0.2, 0.25) is 0 Å². The molecule has 1 aliphatic heterocycles. The predicted octanol–water partition coefficient (Wildman–Crippen LogP) is 3.94. The largest absolute Gasteiger partial charge is 0.488 e. The van der Waals surface area contributed by atoms with E-state index in [-0.39, 0.29) is 0 Å². The van der Waals surface area contributed by atoms with Gasteiger partial charge < -0.3 is 10.1 Å². The quantitative estimate of drug-likeness (QED) is 0.877. The van der Waals surface area contributed by atoms with E-state index in [4.69, 9.17) is 4.74 Å². The van der Waals surface area contributed by atoms with Crippen LogP contribution < -0.4 is 10.1 Å². The number of ether oxygens (including phenoxy) is 1. The summed E-state index contributed by atoms with van der Waals surface area (Å²) in [4.78, 5) is 0. The van der Waals surface area contributed by atoms with Crippen molar-refractivity contribution in [3.05, 3.63) is 29.8 Å². The molecule has 1 aromatic rings. The SMILES string of the molecule is CCNC(CC1CCCCC1)C1Cc2ccccc2O1. The lowest BCUT2D eigenvalue weighted by molar-refractivity contribution is 0.152. The Morgan fingerprint density at radius 2 is 2.00 bits per heavy atom. The molecular weight excluding hydrogens is 246 g/mol. The van der Waals surface area contributed by atoms with Crippen molar-refractivity contribution in [2.45, 2.75) is 64.0 Å². The van der Waals surface area contributed by atoms with Crippen LogP contribution in [0.1, 0.15) is 51.0 Å². The van der Waals surface area contributed by atoms with Crippen LogP contribution in [-0.4, -0.2) is 18.7 Å². The maximum absolute atomic E-state index is 6.20. The summed E-state index contributed by atoms with van der Waals surface area (Å²) in [5.74, 6) is 2.00. The highest BCUT2D eigenvalue weighted by atomic mass is 16.5. The highest BCUT2D eigenvalue weighted by Gasteiger charge is 2.31. The van der Waals surface area contributed by atoms with Crippen LogP contribution >= 0.6 is 0 Å². The summed E-state index contributed by atoms with van der Waals surface area (Å²) in [6.07, 6.45) is 9.81. The van der Waals surface area contributed by atoms with Crippen molar-refractivity contribution in [2.24, 2.45) is 5.92 Å². The van der Waals surface area contributed by atoms with Gasteiger partial charge in [0.15, 0.2) is 0 Å². The minimum atomic E-state index is 0.328. The Hall–Kier alpha value is -1.02. The summed E-state index contributed by atoms with van der Waals surface area (Å²) in [5.41, 5.74) is 1.38. The third-order valence-corrected chi connectivity index (χ3v) is 4.90. The van der Waals surface area contributed by atoms with E-state index >= 15 is 0 Å². The molecule has 1 saturated carbocycles. The first kappa shape index (κ1) is 13.9. The summed E-state index contributed by atoms with van der Waals surface area (Å²) in [7, 11) is 0. The second kappa shape index (κ2) is 6.62. The van der Waals surface area contributed by atoms with Crippen molar-refractivity contribution in [3.8, 4) is 5.75 Å². The van der Waals surface area contributed by atoms with E-state index in [1.807, 2.05) is 0 Å². The van der Waals surface area contributed by atoms with Crippen molar-refractivity contribution in [3.63, 3.8) is 0 Å². The molecule has 0 aromatic heterocycles. The molecule has 2 aliphatic rings. The van der Waals surface area contributed by atoms with Gasteiger partial charge in [0.1, 0.15) is 11.9 Å². The fraction of sp³-hybridized carbons (Fsp3) is 0.667. The van der Waals surface area contributed by atoms with Gasteiger partial charge in [-0.25, -0.2) is 0 Å². The number of rotatable bonds is 5. The fourth-order valence-electron chi connectivity index (χ4n) is 3.84. The van der Waals surface area contributed by atoms with Crippen LogP contribution in [0.3, 0.4) is 0 Å². The Balaban J connectivity index is 1.62. The van der Waals surface area contributed by atoms with Crippen molar-refractivity contribution < 1.29 is 4.74 Å². The number of benzene rings is 1. The first-order valence-corrected chi connectivity index (χ1v) is 8.34. The van der Waals surface area contributed by atoms with Gasteiger partial charge in [-0.05, 0) is 30.5 Å². The molecule has 1 aliphatic carbocycles. The molecule has 1 aromatic carbocycles. The monoisotopic (exact) mass is 273 g/mol. The van der Waals surface area contributed by atoms with Gasteiger partial charge in [0.05, 0.1) is 0 Å². The molecule has 0 bridgehead atoms. The standard InChI is InChI=1S/C18H27NO/c1-2-19-16(12-14-8-4-3-5-9-14)18-13-15-10-6-7-11-17(15)20-18/h6-7,10-11,14,16,18-19H,2-5,8-9,12-13H2,1H3. The zero-order valence-corrected chi connectivity index (χ0v) is 12.6. The van der Waals surface area contributed by atoms with Crippen LogP contribution in [0.25, 0.3) is 0 Å². The van der Waals surface area contributed by atoms with E-state index in [0.29, 0.717) is 12.1 Å². The highest BCUT2D eigenvalue weighted by Crippen LogP contribution is 2.33. The van der Waals surface area contributed by atoms with Crippen molar-refractivity contribution in [1.82, 2.24) is 5.32 Å². The van der Waals surface area contributed by atoms with Gasteiger partial charge >= 0.3 is 0 Å². The zero-order valence-electron chi connectivity index (χ0n) is 12.6. The number of likely N-dealkylation sites (N-methyl/N-ethyl adjacent to an activating group) is 1. The number of nitrogens with one attached hydrogen (secondary N) is 1. The van der Waals surface area contributed by atoms with Crippen molar-refractivity contribution in [2.75, 3.05) is 6.54 Å². The fourth-order valence-corrected chi connectivity index (χ4v) is 3.84. The maximum Gasteiger partial charge on any atom is 0.123 e. The van der Waals surface area contributed by atoms with Crippen LogP contribution in [0.15, 0.2) is 24.3 Å². The third kappa shape index (κ3) is 3.17. The lowest BCUT2D eigenvalue weighted by Gasteiger charge is -2.30. The smallest absolute Gasteiger partial charge is 0.123 e. The molecule has 2 unspecified atom stereocenters. The Labute approximate surface area is 122 Å². The first-order chi connectivity index (χ1) is 9.86. The van der Waals surface area contributed by atoms with E-state index in [2.05, 4.69) is 36.5 Å². The van der Waals surface area contributed by atoms with E-state index in [0.717, 1.165) is 24.6 Å². The Kier molecular flexibility index (Phi) is 4.62. The topological polar surface area (TPSA) is 21.3 Å². The third-order valence-electron chi connectivity index (χ3n) is 4.90. The first-order valence-electron chi connectivity index (χ1n) is 8.34. The van der Waals surface area contributed by atoms with Crippen molar-refractivity contribution >= 4 is 0 Å². The molecule has 110 valence electrons.